The van der Waals surface area contributed by atoms with Crippen LogP contribution in [0, 0.1) is 5.92 Å². The van der Waals surface area contributed by atoms with Crippen LogP contribution in [-0.4, -0.2) is 301 Å². The number of ether oxygens (including phenoxy) is 7. The molecule has 590 valence electrons. The van der Waals surface area contributed by atoms with Gasteiger partial charge in [0.05, 0.1) is 57.3 Å². The maximum Gasteiger partial charge on any atom is 0.471 e. The Bertz CT molecular complexity index is 2540. The summed E-state index contributed by atoms with van der Waals surface area (Å²) in [5, 5.41) is 114. The Morgan fingerprint density at radius 2 is 0.912 bits per heavy atom. The van der Waals surface area contributed by atoms with Crippen LogP contribution >= 0.6 is 7.82 Å². The van der Waals surface area contributed by atoms with Gasteiger partial charge in [0.2, 0.25) is 47.3 Å². The van der Waals surface area contributed by atoms with Gasteiger partial charge < -0.3 is 127 Å². The van der Waals surface area contributed by atoms with Crippen LogP contribution in [-0.2, 0) is 89.9 Å². The monoisotopic (exact) mass is 1490 g/mol. The highest BCUT2D eigenvalue weighted by Gasteiger charge is 2.47. The Hall–Kier alpha value is -5.10. The van der Waals surface area contributed by atoms with E-state index in [4.69, 9.17) is 37.7 Å². The molecule has 0 aromatic carbocycles. The minimum absolute atomic E-state index is 0.0408. The molecule has 18 atom stereocenters. The first kappa shape index (κ1) is 91.1. The van der Waals surface area contributed by atoms with Crippen LogP contribution in [0.3, 0.4) is 0 Å². The van der Waals surface area contributed by atoms with Crippen LogP contribution in [0.5, 0.6) is 0 Å². The quantitative estimate of drug-likeness (QED) is 0.0202. The van der Waals surface area contributed by atoms with Gasteiger partial charge in [0.25, 0.3) is 0 Å². The lowest BCUT2D eigenvalue weighted by atomic mass is 9.79. The number of aliphatic hydroxyl groups excluding tert-OH is 9. The van der Waals surface area contributed by atoms with E-state index in [2.05, 4.69) is 47.1 Å². The van der Waals surface area contributed by atoms with Crippen LogP contribution in [0.2, 0.25) is 0 Å². The second-order valence-electron chi connectivity index (χ2n) is 25.4. The molecule has 37 nitrogen and oxygen atoms in total. The van der Waals surface area contributed by atoms with Crippen LogP contribution in [0.1, 0.15) is 149 Å². The summed E-state index contributed by atoms with van der Waals surface area (Å²) in [6, 6.07) is -5.43. The Morgan fingerprint density at radius 3 is 1.41 bits per heavy atom. The minimum atomic E-state index is -4.09. The summed E-state index contributed by atoms with van der Waals surface area (Å²) in [5.74, 6) is -4.70. The van der Waals surface area contributed by atoms with Gasteiger partial charge in [0.1, 0.15) is 67.5 Å². The normalized spacial score (nSPS) is 26.1. The van der Waals surface area contributed by atoms with Crippen molar-refractivity contribution in [2.45, 2.75) is 247 Å². The number of hydrogen-bond donors (Lipinski definition) is 18. The van der Waals surface area contributed by atoms with Gasteiger partial charge in [-0.1, -0.05) is 0 Å². The molecule has 3 fully saturated rings. The summed E-state index contributed by atoms with van der Waals surface area (Å²) >= 11 is 0. The van der Waals surface area contributed by atoms with E-state index in [9.17, 15) is 98.6 Å². The molecule has 102 heavy (non-hydrogen) atoms. The van der Waals surface area contributed by atoms with E-state index in [0.29, 0.717) is 70.6 Å². The first-order chi connectivity index (χ1) is 48.7. The molecule has 38 heteroatoms. The Balaban J connectivity index is 1.64. The van der Waals surface area contributed by atoms with Crippen LogP contribution in [0.4, 0.5) is 0 Å². The van der Waals surface area contributed by atoms with E-state index in [0.717, 1.165) is 7.11 Å². The van der Waals surface area contributed by atoms with Gasteiger partial charge in [0, 0.05) is 112 Å². The molecule has 0 aromatic heterocycles. The third kappa shape index (κ3) is 35.8. The third-order valence-electron chi connectivity index (χ3n) is 17.1. The molecular formula is C64H115N8O29P. The van der Waals surface area contributed by atoms with Gasteiger partial charge >= 0.3 is 7.82 Å². The van der Waals surface area contributed by atoms with E-state index in [-0.39, 0.29) is 148 Å². The molecule has 0 bridgehead atoms. The van der Waals surface area contributed by atoms with Crippen molar-refractivity contribution in [3.05, 3.63) is 0 Å². The van der Waals surface area contributed by atoms with Gasteiger partial charge in [0.15, 0.2) is 18.4 Å². The summed E-state index contributed by atoms with van der Waals surface area (Å²) in [4.78, 5) is 125. The molecule has 2 aliphatic heterocycles. The SMILES string of the molecule is COP(=O)(O)OCCCCNC(=O)COCCOCCCC(=O)[C@H](CCCCNC(=O)CCCCO[C@@H]1O[C@H](CO)[C@H](O)[C@H](O)[C@H]1NC(C)=O)NC(=O)[C@H](CCCCNC(=O)CCCCO[C@@H]1O[C@H](CO)[C@H](O)[C@H](O)[C@H]1NC(C)=O)NC(=O)CCCCO[C@@H]1C[C@H](CO)[C@H](O)[C@H](O)[C@H]1NC(C)=O. The molecule has 2 saturated heterocycles. The molecule has 3 aliphatic rings. The third-order valence-corrected chi connectivity index (χ3v) is 18.0. The molecule has 0 spiro atoms. The molecule has 0 aromatic rings. The number of carbonyl (C=O) groups is 9. The van der Waals surface area contributed by atoms with Crippen molar-refractivity contribution in [2.75, 3.05) is 99.4 Å². The highest BCUT2D eigenvalue weighted by molar-refractivity contribution is 7.47. The van der Waals surface area contributed by atoms with Gasteiger partial charge in [-0.15, -0.1) is 0 Å². The van der Waals surface area contributed by atoms with Crippen molar-refractivity contribution >= 4 is 60.9 Å². The molecule has 1 unspecified atom stereocenters. The second-order valence-corrected chi connectivity index (χ2v) is 27.0. The molecule has 1 saturated carbocycles. The van der Waals surface area contributed by atoms with Crippen molar-refractivity contribution in [3.63, 3.8) is 0 Å². The van der Waals surface area contributed by atoms with E-state index < -0.39 is 167 Å². The number of rotatable bonds is 54. The Labute approximate surface area is 594 Å². The lowest BCUT2D eigenvalue weighted by molar-refractivity contribution is -0.270. The topological polar surface area (TPSA) is 552 Å². The number of phosphoric acid groups is 1. The lowest BCUT2D eigenvalue weighted by Crippen LogP contribution is -2.64. The number of nitrogens with one attached hydrogen (secondary N) is 8. The van der Waals surface area contributed by atoms with E-state index >= 15 is 0 Å². The van der Waals surface area contributed by atoms with E-state index in [1.165, 1.54) is 20.8 Å². The molecular weight excluding hydrogens is 1380 g/mol. The second kappa shape index (κ2) is 51.2. The molecule has 18 N–H and O–H groups in total. The minimum Gasteiger partial charge on any atom is -0.396 e. The lowest BCUT2D eigenvalue weighted by Gasteiger charge is -2.42. The van der Waals surface area contributed by atoms with Crippen molar-refractivity contribution in [1.29, 1.82) is 0 Å². The molecule has 0 radical (unpaired) electrons. The highest BCUT2D eigenvalue weighted by atomic mass is 31.2. The molecule has 2 heterocycles. The fourth-order valence-corrected chi connectivity index (χ4v) is 11.9. The number of aliphatic hydroxyl groups is 9. The molecule has 8 amide bonds. The summed E-state index contributed by atoms with van der Waals surface area (Å²) in [7, 11) is -3.04. The maximum absolute atomic E-state index is 14.4. The summed E-state index contributed by atoms with van der Waals surface area (Å²) in [6.07, 6.45) is -9.21. The first-order valence-electron chi connectivity index (χ1n) is 35.2. The number of amides is 8. The van der Waals surface area contributed by atoms with Gasteiger partial charge in [-0.3, -0.25) is 52.2 Å². The maximum atomic E-state index is 14.4. The largest absolute Gasteiger partial charge is 0.471 e. The molecule has 1 aliphatic carbocycles. The van der Waals surface area contributed by atoms with Crippen molar-refractivity contribution in [1.82, 2.24) is 42.5 Å². The fraction of sp³-hybridized carbons (Fsp3) is 0.859. The van der Waals surface area contributed by atoms with Crippen LogP contribution in [0.25, 0.3) is 0 Å². The smallest absolute Gasteiger partial charge is 0.396 e. The number of hydrogen-bond acceptors (Lipinski definition) is 28. The van der Waals surface area contributed by atoms with Crippen molar-refractivity contribution in [3.8, 4) is 0 Å². The Morgan fingerprint density at radius 1 is 0.461 bits per heavy atom. The highest BCUT2D eigenvalue weighted by Crippen LogP contribution is 2.42. The zero-order chi connectivity index (χ0) is 75.6. The summed E-state index contributed by atoms with van der Waals surface area (Å²) in [5.41, 5.74) is 0. The molecule has 3 rings (SSSR count). The predicted octanol–water partition coefficient (Wildman–Crippen LogP) is -4.37. The first-order valence-corrected chi connectivity index (χ1v) is 36.7. The van der Waals surface area contributed by atoms with Crippen LogP contribution < -0.4 is 42.5 Å². The van der Waals surface area contributed by atoms with Gasteiger partial charge in [-0.25, -0.2) is 4.57 Å². The number of ketones is 1. The predicted molar refractivity (Wildman–Crippen MR) is 357 cm³/mol. The average Bonchev–Trinajstić information content (AvgIpc) is 0.822. The number of unbranched alkanes of at least 4 members (excludes halogenated alkanes) is 6. The number of carbonyl (C=O) groups excluding carboxylic acids is 9. The Kier molecular flexibility index (Phi) is 45.7. The zero-order valence-corrected chi connectivity index (χ0v) is 59.9. The van der Waals surface area contributed by atoms with Gasteiger partial charge in [-0.2, -0.15) is 0 Å². The standard InChI is InChI=1S/C64H115N8O29P/c1-39(76)68-53-46(34-42(35-73)56(84)59(53)87)96-28-13-9-23-51(82)71-44(19-6-11-25-66-50(81)22-8-15-30-98-64-55(70-41(3)78)61(89)58(86)48(37-75)101-64)62(90)72-43(45(79)20-17-27-94-32-33-95-38-52(83)67-26-12-16-31-99-102(91,92)93-4)18-5-10-24-65-49(80)21-7-14-29-97-63-54(69-40(2)77)60(88)57(85)47(36-74)100-63/h42-44,46-48,53-61,63-64,73-75,84-89H,5-38H2,1-4H3,(H,65,80)(H,66,81)(H,67,83)(H,68,76)(H,69,77)(H,70,78)(H,71,82)(H,72,90)(H,91,92)/t42-,43+,44+,46-,47-,48-,53+,54-,55-,56+,57+,58+,59-,60-,61-,63-,64-/m1/s1. The average molecular weight is 1490 g/mol. The van der Waals surface area contributed by atoms with E-state index in [1.807, 2.05) is 0 Å². The van der Waals surface area contributed by atoms with Crippen molar-refractivity contribution < 1.29 is 141 Å². The van der Waals surface area contributed by atoms with Crippen molar-refractivity contribution in [2.24, 2.45) is 5.92 Å². The number of phosphoric ester groups is 1. The van der Waals surface area contributed by atoms with Gasteiger partial charge in [-0.05, 0) is 103 Å². The fourth-order valence-electron chi connectivity index (χ4n) is 11.4. The summed E-state index contributed by atoms with van der Waals surface area (Å²) in [6.45, 7) is 2.77. The summed E-state index contributed by atoms with van der Waals surface area (Å²) < 4.78 is 60.2. The zero-order valence-electron chi connectivity index (χ0n) is 59.0. The number of Topliss-reactive ketones (excluding diaryl/α,β-unsaturated/α-hetero) is 1. The van der Waals surface area contributed by atoms with Crippen LogP contribution in [0.15, 0.2) is 0 Å². The van der Waals surface area contributed by atoms with E-state index in [1.54, 1.807) is 0 Å².